The first-order valence-corrected chi connectivity index (χ1v) is 6.60. The van der Waals surface area contributed by atoms with Crippen LogP contribution < -0.4 is 15.8 Å². The lowest BCUT2D eigenvalue weighted by molar-refractivity contribution is -0.142. The number of halogens is 1. The molecule has 0 aliphatic heterocycles. The molecule has 0 fully saturated rings. The number of ether oxygens (including phenoxy) is 2. The van der Waals surface area contributed by atoms with Crippen LogP contribution in [0.1, 0.15) is 20.8 Å². The van der Waals surface area contributed by atoms with E-state index in [4.69, 9.17) is 10.5 Å². The molecule has 0 aliphatic carbocycles. The standard InChI is InChI=1S/C15H22N2O4.ClH/c1-15(2,3)13(16)14(19)17-10-6-5-7-11(8-10)21-9-12(18)20-4;/h5-8,13H,9,16H2,1-4H3,(H,17,19);1H/t13-;/m1./s1. The summed E-state index contributed by atoms with van der Waals surface area (Å²) in [4.78, 5) is 23.0. The van der Waals surface area contributed by atoms with Gasteiger partial charge in [0.1, 0.15) is 5.75 Å². The molecule has 0 radical (unpaired) electrons. The lowest BCUT2D eigenvalue weighted by Gasteiger charge is -2.25. The monoisotopic (exact) mass is 330 g/mol. The minimum Gasteiger partial charge on any atom is -0.482 e. The quantitative estimate of drug-likeness (QED) is 0.805. The first-order valence-electron chi connectivity index (χ1n) is 6.60. The van der Waals surface area contributed by atoms with Crippen molar-refractivity contribution in [2.75, 3.05) is 19.0 Å². The Morgan fingerprint density at radius 2 is 1.95 bits per heavy atom. The van der Waals surface area contributed by atoms with E-state index in [2.05, 4.69) is 10.1 Å². The average Bonchev–Trinajstić information content (AvgIpc) is 2.43. The number of benzene rings is 1. The second-order valence-electron chi connectivity index (χ2n) is 5.73. The molecule has 1 rings (SSSR count). The first-order chi connectivity index (χ1) is 9.74. The van der Waals surface area contributed by atoms with Crippen LogP contribution in [0, 0.1) is 5.41 Å². The van der Waals surface area contributed by atoms with E-state index in [0.29, 0.717) is 11.4 Å². The highest BCUT2D eigenvalue weighted by Gasteiger charge is 2.27. The third-order valence-electron chi connectivity index (χ3n) is 2.90. The number of carbonyl (C=O) groups excluding carboxylic acids is 2. The molecule has 22 heavy (non-hydrogen) atoms. The Balaban J connectivity index is 0.00000441. The number of rotatable bonds is 5. The number of amides is 1. The van der Waals surface area contributed by atoms with Crippen molar-refractivity contribution in [3.05, 3.63) is 24.3 Å². The van der Waals surface area contributed by atoms with Crippen LogP contribution in [0.15, 0.2) is 24.3 Å². The second-order valence-corrected chi connectivity index (χ2v) is 5.73. The summed E-state index contributed by atoms with van der Waals surface area (Å²) in [6.07, 6.45) is 0. The summed E-state index contributed by atoms with van der Waals surface area (Å²) < 4.78 is 9.74. The molecule has 124 valence electrons. The predicted molar refractivity (Wildman–Crippen MR) is 87.3 cm³/mol. The zero-order valence-electron chi connectivity index (χ0n) is 13.2. The van der Waals surface area contributed by atoms with E-state index in [1.165, 1.54) is 7.11 Å². The Morgan fingerprint density at radius 3 is 2.50 bits per heavy atom. The number of nitrogens with two attached hydrogens (primary N) is 1. The van der Waals surface area contributed by atoms with E-state index in [-0.39, 0.29) is 30.3 Å². The SMILES string of the molecule is COC(=O)COc1cccc(NC(=O)[C@@H](N)C(C)(C)C)c1.Cl. The molecular formula is C15H23ClN2O4. The molecule has 0 aromatic heterocycles. The van der Waals surface area contributed by atoms with Gasteiger partial charge in [-0.2, -0.15) is 0 Å². The molecule has 7 heteroatoms. The van der Waals surface area contributed by atoms with Crippen LogP contribution in [0.4, 0.5) is 5.69 Å². The molecule has 0 bridgehead atoms. The average molecular weight is 331 g/mol. The van der Waals surface area contributed by atoms with E-state index in [1.807, 2.05) is 20.8 Å². The van der Waals surface area contributed by atoms with Gasteiger partial charge in [-0.1, -0.05) is 26.8 Å². The largest absolute Gasteiger partial charge is 0.482 e. The molecule has 1 amide bonds. The van der Waals surface area contributed by atoms with Crippen LogP contribution in [0.3, 0.4) is 0 Å². The lowest BCUT2D eigenvalue weighted by atomic mass is 9.87. The van der Waals surface area contributed by atoms with Crippen LogP contribution in [0.5, 0.6) is 5.75 Å². The molecule has 0 saturated carbocycles. The van der Waals surface area contributed by atoms with Crippen LogP contribution in [-0.4, -0.2) is 31.6 Å². The van der Waals surface area contributed by atoms with Crippen LogP contribution in [0.2, 0.25) is 0 Å². The molecule has 1 aromatic carbocycles. The van der Waals surface area contributed by atoms with Crippen molar-refractivity contribution in [1.29, 1.82) is 0 Å². The third-order valence-corrected chi connectivity index (χ3v) is 2.90. The van der Waals surface area contributed by atoms with Crippen molar-refractivity contribution in [3.63, 3.8) is 0 Å². The number of esters is 1. The number of hydrogen-bond acceptors (Lipinski definition) is 5. The van der Waals surface area contributed by atoms with Gasteiger partial charge >= 0.3 is 5.97 Å². The zero-order chi connectivity index (χ0) is 16.0. The van der Waals surface area contributed by atoms with Crippen molar-refractivity contribution in [2.24, 2.45) is 11.1 Å². The minimum absolute atomic E-state index is 0. The molecule has 0 aliphatic rings. The summed E-state index contributed by atoms with van der Waals surface area (Å²) >= 11 is 0. The smallest absolute Gasteiger partial charge is 0.343 e. The molecule has 3 N–H and O–H groups in total. The normalized spacial score (nSPS) is 11.9. The van der Waals surface area contributed by atoms with Crippen molar-refractivity contribution >= 4 is 30.0 Å². The molecular weight excluding hydrogens is 308 g/mol. The van der Waals surface area contributed by atoms with E-state index in [0.717, 1.165) is 0 Å². The summed E-state index contributed by atoms with van der Waals surface area (Å²) in [5.74, 6) is -0.283. The topological polar surface area (TPSA) is 90.6 Å². The maximum absolute atomic E-state index is 12.0. The maximum Gasteiger partial charge on any atom is 0.343 e. The van der Waals surface area contributed by atoms with Gasteiger partial charge in [-0.3, -0.25) is 4.79 Å². The molecule has 1 aromatic rings. The minimum atomic E-state index is -0.628. The van der Waals surface area contributed by atoms with Gasteiger partial charge in [-0.05, 0) is 17.5 Å². The van der Waals surface area contributed by atoms with Gasteiger partial charge in [0, 0.05) is 11.8 Å². The molecule has 6 nitrogen and oxygen atoms in total. The number of anilines is 1. The van der Waals surface area contributed by atoms with Crippen LogP contribution >= 0.6 is 12.4 Å². The van der Waals surface area contributed by atoms with Gasteiger partial charge in [-0.25, -0.2) is 4.79 Å². The van der Waals surface area contributed by atoms with Gasteiger partial charge in [0.2, 0.25) is 5.91 Å². The number of nitrogens with one attached hydrogen (secondary N) is 1. The first kappa shape index (κ1) is 20.2. The van der Waals surface area contributed by atoms with E-state index < -0.39 is 12.0 Å². The van der Waals surface area contributed by atoms with Crippen molar-refractivity contribution in [1.82, 2.24) is 0 Å². The number of methoxy groups -OCH3 is 1. The Kier molecular flexibility index (Phi) is 7.90. The fourth-order valence-corrected chi connectivity index (χ4v) is 1.48. The molecule has 0 unspecified atom stereocenters. The number of hydrogen-bond donors (Lipinski definition) is 2. The van der Waals surface area contributed by atoms with Gasteiger partial charge in [0.05, 0.1) is 13.2 Å². The van der Waals surface area contributed by atoms with E-state index >= 15 is 0 Å². The van der Waals surface area contributed by atoms with Gasteiger partial charge < -0.3 is 20.5 Å². The summed E-state index contributed by atoms with van der Waals surface area (Å²) in [7, 11) is 1.29. The summed E-state index contributed by atoms with van der Waals surface area (Å²) in [6, 6.07) is 6.11. The highest BCUT2D eigenvalue weighted by atomic mass is 35.5. The predicted octanol–water partition coefficient (Wildman–Crippen LogP) is 1.97. The van der Waals surface area contributed by atoms with Crippen molar-refractivity contribution in [2.45, 2.75) is 26.8 Å². The fraction of sp³-hybridized carbons (Fsp3) is 0.467. The zero-order valence-corrected chi connectivity index (χ0v) is 14.0. The van der Waals surface area contributed by atoms with Crippen molar-refractivity contribution < 1.29 is 19.1 Å². The molecule has 1 atom stereocenters. The highest BCUT2D eigenvalue weighted by molar-refractivity contribution is 5.95. The lowest BCUT2D eigenvalue weighted by Crippen LogP contribution is -2.45. The summed E-state index contributed by atoms with van der Waals surface area (Å²) in [5, 5.41) is 2.73. The van der Waals surface area contributed by atoms with Crippen LogP contribution in [-0.2, 0) is 14.3 Å². The van der Waals surface area contributed by atoms with Gasteiger partial charge in [-0.15, -0.1) is 12.4 Å². The fourth-order valence-electron chi connectivity index (χ4n) is 1.48. The summed E-state index contributed by atoms with van der Waals surface area (Å²) in [6.45, 7) is 5.50. The Labute approximate surface area is 136 Å². The Morgan fingerprint density at radius 1 is 1.32 bits per heavy atom. The second kappa shape index (κ2) is 8.60. The molecule has 0 saturated heterocycles. The Bertz CT molecular complexity index is 515. The molecule has 0 spiro atoms. The van der Waals surface area contributed by atoms with Gasteiger partial charge in [0.25, 0.3) is 0 Å². The van der Waals surface area contributed by atoms with Gasteiger partial charge in [0.15, 0.2) is 6.61 Å². The Hall–Kier alpha value is -1.79. The summed E-state index contributed by atoms with van der Waals surface area (Å²) in [5.41, 5.74) is 6.12. The third kappa shape index (κ3) is 6.32. The molecule has 0 heterocycles. The van der Waals surface area contributed by atoms with Crippen LogP contribution in [0.25, 0.3) is 0 Å². The maximum atomic E-state index is 12.0. The van der Waals surface area contributed by atoms with Crippen molar-refractivity contribution in [3.8, 4) is 5.75 Å². The van der Waals surface area contributed by atoms with E-state index in [9.17, 15) is 9.59 Å². The number of carbonyl (C=O) groups is 2. The van der Waals surface area contributed by atoms with E-state index in [1.54, 1.807) is 24.3 Å². The highest BCUT2D eigenvalue weighted by Crippen LogP contribution is 2.21.